The van der Waals surface area contributed by atoms with Crippen LogP contribution in [0.5, 0.6) is 0 Å². The highest BCUT2D eigenvalue weighted by atomic mass is 19.1. The third-order valence-corrected chi connectivity index (χ3v) is 6.83. The van der Waals surface area contributed by atoms with Crippen molar-refractivity contribution in [2.45, 2.75) is 71.4 Å². The topological polar surface area (TPSA) is 136 Å². The standard InChI is InChI=1S/C31H41F2N3O6/c1-4-12-36(13-5-2)31(42)23-9-7-8-22(17-23)30(41)35-26(16-20-14-24(32)19-25(33)15-20)27(37)18-21(6-3)29(40)34-11-10-28(38)39/h7-9,14-15,17,19,21,26-27,37H,4-6,10-13,16,18H2,1-3H3,(H,34,40)(H,35,41)(H,38,39). The minimum absolute atomic E-state index is 0.0769. The monoisotopic (exact) mass is 589 g/mol. The normalized spacial score (nSPS) is 13.1. The van der Waals surface area contributed by atoms with Crippen LogP contribution in [0.1, 0.15) is 79.2 Å². The molecule has 0 heterocycles. The summed E-state index contributed by atoms with van der Waals surface area (Å²) in [4.78, 5) is 51.5. The summed E-state index contributed by atoms with van der Waals surface area (Å²) in [7, 11) is 0. The summed E-state index contributed by atoms with van der Waals surface area (Å²) >= 11 is 0. The summed E-state index contributed by atoms with van der Waals surface area (Å²) in [5, 5.41) is 25.2. The lowest BCUT2D eigenvalue weighted by Gasteiger charge is -2.27. The zero-order valence-corrected chi connectivity index (χ0v) is 24.4. The number of hydrogen-bond acceptors (Lipinski definition) is 5. The maximum Gasteiger partial charge on any atom is 0.305 e. The molecule has 0 aliphatic carbocycles. The quantitative estimate of drug-likeness (QED) is 0.221. The molecule has 3 atom stereocenters. The summed E-state index contributed by atoms with van der Waals surface area (Å²) in [6.07, 6.45) is 0.0828. The fourth-order valence-corrected chi connectivity index (χ4v) is 4.70. The first-order chi connectivity index (χ1) is 20.0. The number of aliphatic carboxylic acids is 1. The van der Waals surface area contributed by atoms with Gasteiger partial charge in [-0.3, -0.25) is 19.2 Å². The van der Waals surface area contributed by atoms with Gasteiger partial charge in [0.1, 0.15) is 11.6 Å². The van der Waals surface area contributed by atoms with Gasteiger partial charge in [-0.15, -0.1) is 0 Å². The van der Waals surface area contributed by atoms with Crippen LogP contribution in [-0.4, -0.2) is 70.6 Å². The molecule has 3 amide bonds. The maximum absolute atomic E-state index is 13.9. The van der Waals surface area contributed by atoms with E-state index in [2.05, 4.69) is 10.6 Å². The van der Waals surface area contributed by atoms with Crippen LogP contribution in [0.25, 0.3) is 0 Å². The third kappa shape index (κ3) is 10.8. The van der Waals surface area contributed by atoms with Crippen LogP contribution in [0.2, 0.25) is 0 Å². The van der Waals surface area contributed by atoms with Crippen LogP contribution in [0.3, 0.4) is 0 Å². The van der Waals surface area contributed by atoms with E-state index in [9.17, 15) is 33.1 Å². The van der Waals surface area contributed by atoms with E-state index >= 15 is 0 Å². The number of nitrogens with zero attached hydrogens (tertiary/aromatic N) is 1. The van der Waals surface area contributed by atoms with Gasteiger partial charge in [0.15, 0.2) is 0 Å². The molecule has 0 saturated carbocycles. The molecule has 42 heavy (non-hydrogen) atoms. The maximum atomic E-state index is 13.9. The van der Waals surface area contributed by atoms with Crippen molar-refractivity contribution in [3.63, 3.8) is 0 Å². The Morgan fingerprint density at radius 1 is 0.929 bits per heavy atom. The first kappa shape index (κ1) is 34.3. The van der Waals surface area contributed by atoms with Crippen LogP contribution in [0, 0.1) is 17.6 Å². The average Bonchev–Trinajstić information content (AvgIpc) is 2.94. The number of carboxylic acids is 1. The zero-order valence-electron chi connectivity index (χ0n) is 24.4. The van der Waals surface area contributed by atoms with Crippen molar-refractivity contribution >= 4 is 23.7 Å². The lowest BCUT2D eigenvalue weighted by atomic mass is 9.91. The van der Waals surface area contributed by atoms with E-state index in [1.165, 1.54) is 12.1 Å². The molecule has 0 radical (unpaired) electrons. The first-order valence-corrected chi connectivity index (χ1v) is 14.3. The number of benzene rings is 2. The van der Waals surface area contributed by atoms with E-state index in [0.29, 0.717) is 31.1 Å². The van der Waals surface area contributed by atoms with Gasteiger partial charge in [-0.05, 0) is 68.0 Å². The molecule has 0 bridgehead atoms. The SMILES string of the molecule is CCCN(CCC)C(=O)c1cccc(C(=O)NC(Cc2cc(F)cc(F)c2)C(O)CC(CC)C(=O)NCCC(=O)O)c1. The predicted molar refractivity (Wildman–Crippen MR) is 154 cm³/mol. The van der Waals surface area contributed by atoms with E-state index in [1.807, 2.05) is 13.8 Å². The van der Waals surface area contributed by atoms with Crippen LogP contribution < -0.4 is 10.6 Å². The number of nitrogens with one attached hydrogen (secondary N) is 2. The lowest BCUT2D eigenvalue weighted by molar-refractivity contribution is -0.137. The van der Waals surface area contributed by atoms with Gasteiger partial charge >= 0.3 is 5.97 Å². The molecule has 9 nitrogen and oxygen atoms in total. The largest absolute Gasteiger partial charge is 0.481 e. The van der Waals surface area contributed by atoms with E-state index < -0.39 is 47.5 Å². The molecule has 2 aromatic rings. The molecule has 230 valence electrons. The Labute approximate surface area is 245 Å². The molecular weight excluding hydrogens is 548 g/mol. The number of halogens is 2. The number of aliphatic hydroxyl groups excluding tert-OH is 1. The van der Waals surface area contributed by atoms with E-state index in [1.54, 1.807) is 24.0 Å². The molecule has 0 spiro atoms. The minimum atomic E-state index is -1.30. The molecule has 0 fully saturated rings. The molecule has 3 unspecified atom stereocenters. The van der Waals surface area contributed by atoms with Crippen LogP contribution in [0.15, 0.2) is 42.5 Å². The second-order valence-corrected chi connectivity index (χ2v) is 10.3. The second-order valence-electron chi connectivity index (χ2n) is 10.3. The van der Waals surface area contributed by atoms with Gasteiger partial charge in [0.05, 0.1) is 18.6 Å². The van der Waals surface area contributed by atoms with Crippen molar-refractivity contribution in [3.8, 4) is 0 Å². The van der Waals surface area contributed by atoms with E-state index in [0.717, 1.165) is 25.0 Å². The molecular formula is C31H41F2N3O6. The molecule has 2 aromatic carbocycles. The third-order valence-electron chi connectivity index (χ3n) is 6.83. The number of hydrogen-bond donors (Lipinski definition) is 4. The van der Waals surface area contributed by atoms with Crippen LogP contribution >= 0.6 is 0 Å². The van der Waals surface area contributed by atoms with Gasteiger partial charge in [0.25, 0.3) is 11.8 Å². The number of carbonyl (C=O) groups excluding carboxylic acids is 3. The molecule has 0 aromatic heterocycles. The fraction of sp³-hybridized carbons (Fsp3) is 0.484. The minimum Gasteiger partial charge on any atom is -0.481 e. The molecule has 0 saturated heterocycles. The Hall–Kier alpha value is -3.86. The zero-order chi connectivity index (χ0) is 31.2. The Kier molecular flexibility index (Phi) is 14.0. The summed E-state index contributed by atoms with van der Waals surface area (Å²) < 4.78 is 27.9. The van der Waals surface area contributed by atoms with Crippen molar-refractivity contribution in [1.29, 1.82) is 0 Å². The summed E-state index contributed by atoms with van der Waals surface area (Å²) in [6, 6.07) is 8.05. The van der Waals surface area contributed by atoms with Gasteiger partial charge < -0.3 is 25.7 Å². The molecule has 0 aliphatic rings. The summed E-state index contributed by atoms with van der Waals surface area (Å²) in [5.41, 5.74) is 0.683. The Morgan fingerprint density at radius 3 is 2.12 bits per heavy atom. The molecule has 0 aliphatic heterocycles. The van der Waals surface area contributed by atoms with Crippen molar-refractivity contribution in [2.75, 3.05) is 19.6 Å². The lowest BCUT2D eigenvalue weighted by Crippen LogP contribution is -2.46. The second kappa shape index (κ2) is 17.2. The smallest absolute Gasteiger partial charge is 0.305 e. The van der Waals surface area contributed by atoms with Crippen molar-refractivity contribution < 1.29 is 38.2 Å². The highest BCUT2D eigenvalue weighted by Crippen LogP contribution is 2.19. The fourth-order valence-electron chi connectivity index (χ4n) is 4.70. The van der Waals surface area contributed by atoms with Crippen molar-refractivity contribution in [2.24, 2.45) is 5.92 Å². The number of carboxylic acid groups (broad SMARTS) is 1. The highest BCUT2D eigenvalue weighted by Gasteiger charge is 2.28. The van der Waals surface area contributed by atoms with E-state index in [-0.39, 0.29) is 42.8 Å². The number of amides is 3. The van der Waals surface area contributed by atoms with Gasteiger partial charge in [-0.25, -0.2) is 8.78 Å². The first-order valence-electron chi connectivity index (χ1n) is 14.3. The average molecular weight is 590 g/mol. The Balaban J connectivity index is 2.29. The van der Waals surface area contributed by atoms with Gasteiger partial charge in [-0.2, -0.15) is 0 Å². The van der Waals surface area contributed by atoms with Crippen molar-refractivity contribution in [3.05, 3.63) is 70.8 Å². The van der Waals surface area contributed by atoms with Gasteiger partial charge in [-0.1, -0.05) is 26.8 Å². The molecule has 11 heteroatoms. The Bertz CT molecular complexity index is 1200. The summed E-state index contributed by atoms with van der Waals surface area (Å²) in [6.45, 7) is 6.74. The van der Waals surface area contributed by atoms with Gasteiger partial charge in [0.2, 0.25) is 5.91 Å². The summed E-state index contributed by atoms with van der Waals surface area (Å²) in [5.74, 6) is -4.67. The molecule has 4 N–H and O–H groups in total. The van der Waals surface area contributed by atoms with E-state index in [4.69, 9.17) is 5.11 Å². The highest BCUT2D eigenvalue weighted by molar-refractivity contribution is 5.99. The van der Waals surface area contributed by atoms with Crippen molar-refractivity contribution in [1.82, 2.24) is 15.5 Å². The number of rotatable bonds is 17. The molecule has 2 rings (SSSR count). The predicted octanol–water partition coefficient (Wildman–Crippen LogP) is 3.94. The Morgan fingerprint density at radius 2 is 1.55 bits per heavy atom. The van der Waals surface area contributed by atoms with Crippen LogP contribution in [-0.2, 0) is 16.0 Å². The number of carbonyl (C=O) groups is 4. The van der Waals surface area contributed by atoms with Crippen LogP contribution in [0.4, 0.5) is 8.78 Å². The van der Waals surface area contributed by atoms with Gasteiger partial charge in [0, 0.05) is 42.7 Å². The number of aliphatic hydroxyl groups is 1.